The summed E-state index contributed by atoms with van der Waals surface area (Å²) in [5, 5.41) is 4.42. The van der Waals surface area contributed by atoms with Gasteiger partial charge in [0.1, 0.15) is 0 Å². The van der Waals surface area contributed by atoms with E-state index in [2.05, 4.69) is 31.1 Å². The molecule has 0 saturated heterocycles. The molecule has 1 heterocycles. The van der Waals surface area contributed by atoms with Crippen molar-refractivity contribution >= 4 is 16.5 Å². The summed E-state index contributed by atoms with van der Waals surface area (Å²) in [6.45, 7) is 8.50. The van der Waals surface area contributed by atoms with Crippen LogP contribution < -0.4 is 5.32 Å². The van der Waals surface area contributed by atoms with E-state index < -0.39 is 0 Å². The normalized spacial score (nSPS) is 13.0. The van der Waals surface area contributed by atoms with E-state index in [0.29, 0.717) is 6.04 Å². The number of anilines is 1. The van der Waals surface area contributed by atoms with Gasteiger partial charge >= 0.3 is 0 Å². The monoisotopic (exact) mass is 184 g/mol. The molecule has 3 heteroatoms. The summed E-state index contributed by atoms with van der Waals surface area (Å²) in [4.78, 5) is 5.71. The van der Waals surface area contributed by atoms with E-state index in [9.17, 15) is 0 Å². The predicted molar refractivity (Wildman–Crippen MR) is 55.0 cm³/mol. The van der Waals surface area contributed by atoms with Gasteiger partial charge in [-0.2, -0.15) is 0 Å². The molecule has 2 nitrogen and oxygen atoms in total. The standard InChI is InChI=1S/C9H16N2S/c1-5-6(2)10-9-11-7(3)8(4)12-9/h6H,5H2,1-4H3,(H,10,11). The molecular formula is C9H16N2S. The lowest BCUT2D eigenvalue weighted by Gasteiger charge is -2.08. The summed E-state index contributed by atoms with van der Waals surface area (Å²) in [5.41, 5.74) is 1.14. The second-order valence-corrected chi connectivity index (χ2v) is 4.32. The molecule has 1 rings (SSSR count). The summed E-state index contributed by atoms with van der Waals surface area (Å²) in [7, 11) is 0. The fourth-order valence-corrected chi connectivity index (χ4v) is 1.77. The van der Waals surface area contributed by atoms with Gasteiger partial charge in [0.2, 0.25) is 0 Å². The molecule has 0 radical (unpaired) electrons. The minimum absolute atomic E-state index is 0.523. The third kappa shape index (κ3) is 2.21. The summed E-state index contributed by atoms with van der Waals surface area (Å²) >= 11 is 1.74. The van der Waals surface area contributed by atoms with Gasteiger partial charge in [0, 0.05) is 10.9 Å². The molecule has 0 saturated carbocycles. The maximum absolute atomic E-state index is 4.41. The first-order chi connectivity index (χ1) is 5.63. The molecule has 0 aliphatic heterocycles. The Morgan fingerprint density at radius 1 is 1.50 bits per heavy atom. The van der Waals surface area contributed by atoms with Crippen LogP contribution in [0.1, 0.15) is 30.8 Å². The van der Waals surface area contributed by atoms with Crippen molar-refractivity contribution in [3.05, 3.63) is 10.6 Å². The van der Waals surface area contributed by atoms with Crippen molar-refractivity contribution in [2.24, 2.45) is 0 Å². The first kappa shape index (κ1) is 9.52. The third-order valence-electron chi connectivity index (χ3n) is 2.01. The highest BCUT2D eigenvalue weighted by atomic mass is 32.1. The van der Waals surface area contributed by atoms with E-state index in [4.69, 9.17) is 0 Å². The highest BCUT2D eigenvalue weighted by molar-refractivity contribution is 7.15. The number of nitrogens with one attached hydrogen (secondary N) is 1. The molecule has 0 aliphatic carbocycles. The van der Waals surface area contributed by atoms with Crippen LogP contribution in [0.2, 0.25) is 0 Å². The molecule has 1 unspecified atom stereocenters. The highest BCUT2D eigenvalue weighted by Gasteiger charge is 2.04. The number of hydrogen-bond donors (Lipinski definition) is 1. The van der Waals surface area contributed by atoms with Crippen LogP contribution in [0.15, 0.2) is 0 Å². The zero-order valence-electron chi connectivity index (χ0n) is 8.14. The lowest BCUT2D eigenvalue weighted by Crippen LogP contribution is -2.12. The van der Waals surface area contributed by atoms with Crippen LogP contribution in [-0.4, -0.2) is 11.0 Å². The minimum atomic E-state index is 0.523. The van der Waals surface area contributed by atoms with Crippen LogP contribution in [0.3, 0.4) is 0 Å². The van der Waals surface area contributed by atoms with E-state index in [1.165, 1.54) is 4.88 Å². The Morgan fingerprint density at radius 3 is 2.58 bits per heavy atom. The van der Waals surface area contributed by atoms with Gasteiger partial charge in [-0.05, 0) is 27.2 Å². The molecule has 1 aromatic heterocycles. The molecule has 1 atom stereocenters. The van der Waals surface area contributed by atoms with Crippen LogP contribution >= 0.6 is 11.3 Å². The van der Waals surface area contributed by atoms with Crippen LogP contribution in [0.5, 0.6) is 0 Å². The summed E-state index contributed by atoms with van der Waals surface area (Å²) < 4.78 is 0. The Bertz CT molecular complexity index is 236. The van der Waals surface area contributed by atoms with Crippen molar-refractivity contribution in [1.29, 1.82) is 0 Å². The molecule has 0 aliphatic rings. The number of aromatic nitrogens is 1. The first-order valence-electron chi connectivity index (χ1n) is 4.34. The lowest BCUT2D eigenvalue weighted by atomic mass is 10.3. The SMILES string of the molecule is CCC(C)Nc1nc(C)c(C)s1. The van der Waals surface area contributed by atoms with Gasteiger partial charge in [0.15, 0.2) is 5.13 Å². The van der Waals surface area contributed by atoms with E-state index >= 15 is 0 Å². The van der Waals surface area contributed by atoms with Gasteiger partial charge in [-0.1, -0.05) is 6.92 Å². The maximum Gasteiger partial charge on any atom is 0.183 e. The number of aryl methyl sites for hydroxylation is 2. The number of thiazole rings is 1. The first-order valence-corrected chi connectivity index (χ1v) is 5.15. The summed E-state index contributed by atoms with van der Waals surface area (Å²) in [5.74, 6) is 0. The molecule has 0 fully saturated rings. The molecule has 1 N–H and O–H groups in total. The summed E-state index contributed by atoms with van der Waals surface area (Å²) in [6.07, 6.45) is 1.14. The Hall–Kier alpha value is -0.570. The van der Waals surface area contributed by atoms with Gasteiger partial charge in [0.25, 0.3) is 0 Å². The van der Waals surface area contributed by atoms with E-state index in [1.807, 2.05) is 6.92 Å². The van der Waals surface area contributed by atoms with E-state index in [1.54, 1.807) is 11.3 Å². The molecule has 0 bridgehead atoms. The van der Waals surface area contributed by atoms with Gasteiger partial charge in [-0.15, -0.1) is 11.3 Å². The van der Waals surface area contributed by atoms with Crippen LogP contribution in [-0.2, 0) is 0 Å². The van der Waals surface area contributed by atoms with Crippen molar-refractivity contribution < 1.29 is 0 Å². The Kier molecular flexibility index (Phi) is 3.09. The second-order valence-electron chi connectivity index (χ2n) is 3.11. The maximum atomic E-state index is 4.41. The van der Waals surface area contributed by atoms with Gasteiger partial charge in [-0.3, -0.25) is 0 Å². The molecule has 1 aromatic rings. The zero-order valence-corrected chi connectivity index (χ0v) is 8.96. The van der Waals surface area contributed by atoms with Crippen molar-refractivity contribution in [1.82, 2.24) is 4.98 Å². The topological polar surface area (TPSA) is 24.9 Å². The van der Waals surface area contributed by atoms with Gasteiger partial charge in [-0.25, -0.2) is 4.98 Å². The molecule has 68 valence electrons. The minimum Gasteiger partial charge on any atom is -0.359 e. The number of nitrogens with zero attached hydrogens (tertiary/aromatic N) is 1. The lowest BCUT2D eigenvalue weighted by molar-refractivity contribution is 0.762. The fraction of sp³-hybridized carbons (Fsp3) is 0.667. The Labute approximate surface area is 78.0 Å². The van der Waals surface area contributed by atoms with Gasteiger partial charge < -0.3 is 5.32 Å². The van der Waals surface area contributed by atoms with Crippen molar-refractivity contribution in [3.63, 3.8) is 0 Å². The second kappa shape index (κ2) is 3.90. The fourth-order valence-electron chi connectivity index (χ4n) is 0.847. The van der Waals surface area contributed by atoms with Crippen LogP contribution in [0.4, 0.5) is 5.13 Å². The quantitative estimate of drug-likeness (QED) is 0.781. The smallest absolute Gasteiger partial charge is 0.183 e. The van der Waals surface area contributed by atoms with E-state index in [-0.39, 0.29) is 0 Å². The Morgan fingerprint density at radius 2 is 2.17 bits per heavy atom. The van der Waals surface area contributed by atoms with Crippen LogP contribution in [0.25, 0.3) is 0 Å². The van der Waals surface area contributed by atoms with Crippen molar-refractivity contribution in [2.75, 3.05) is 5.32 Å². The molecule has 0 aromatic carbocycles. The molecular weight excluding hydrogens is 168 g/mol. The largest absolute Gasteiger partial charge is 0.359 e. The van der Waals surface area contributed by atoms with Crippen LogP contribution in [0, 0.1) is 13.8 Å². The summed E-state index contributed by atoms with van der Waals surface area (Å²) in [6, 6.07) is 0.523. The molecule has 0 amide bonds. The average Bonchev–Trinajstić information content (AvgIpc) is 2.31. The van der Waals surface area contributed by atoms with E-state index in [0.717, 1.165) is 17.2 Å². The number of hydrogen-bond acceptors (Lipinski definition) is 3. The zero-order chi connectivity index (χ0) is 9.14. The number of rotatable bonds is 3. The van der Waals surface area contributed by atoms with Crippen molar-refractivity contribution in [2.45, 2.75) is 40.2 Å². The predicted octanol–water partition coefficient (Wildman–Crippen LogP) is 2.97. The Balaban J connectivity index is 2.64. The highest BCUT2D eigenvalue weighted by Crippen LogP contribution is 2.21. The van der Waals surface area contributed by atoms with Crippen molar-refractivity contribution in [3.8, 4) is 0 Å². The third-order valence-corrected chi connectivity index (χ3v) is 3.01. The molecule has 12 heavy (non-hydrogen) atoms. The molecule has 0 spiro atoms. The van der Waals surface area contributed by atoms with Gasteiger partial charge in [0.05, 0.1) is 5.69 Å². The average molecular weight is 184 g/mol.